The first-order valence-electron chi connectivity index (χ1n) is 22.2. The minimum absolute atomic E-state index is 0.0520. The average molecular weight is 808 g/mol. The summed E-state index contributed by atoms with van der Waals surface area (Å²) in [5.41, 5.74) is 5.88. The topological polar surface area (TPSA) is 98.7 Å². The van der Waals surface area contributed by atoms with Crippen LogP contribution in [0.4, 0.5) is 5.69 Å². The summed E-state index contributed by atoms with van der Waals surface area (Å²) >= 11 is 0. The fraction of sp³-hybridized carbons (Fsp3) is 0.481. The standard InChI is InChI=1S/C30H44N2O2.C9H11NO.C8H10O.C5H12/c1-5-9-15-23(7-3)21-31-29(33)27-19-13-11-17-25(27)26-18-12-14-20-28(26)30(34)32-22-24(8-4)16-10-6-2;1-8(11)10(2)9-6-4-3-5-7-9;1-6-3-4-8(9)7(2)5-6;1-3-5-4-2/h11-14,17-20,23-24H,5-10,15-16,21-22H2,1-4H3,(H,31,33)(H,32,34);3-7H,1-2H3;3-5,9H,1-2H3;3-5H2,1-2H3. The zero-order valence-electron chi connectivity index (χ0n) is 38.2. The van der Waals surface area contributed by atoms with Crippen LogP contribution in [-0.2, 0) is 4.79 Å². The molecule has 4 rings (SSSR count). The Labute approximate surface area is 358 Å². The number of amides is 3. The van der Waals surface area contributed by atoms with Crippen LogP contribution in [0.25, 0.3) is 11.1 Å². The van der Waals surface area contributed by atoms with Crippen LogP contribution in [0.2, 0.25) is 0 Å². The van der Waals surface area contributed by atoms with Crippen molar-refractivity contribution in [1.82, 2.24) is 10.6 Å². The van der Waals surface area contributed by atoms with Gasteiger partial charge in [0.2, 0.25) is 5.91 Å². The van der Waals surface area contributed by atoms with Crippen LogP contribution in [0.5, 0.6) is 5.75 Å². The van der Waals surface area contributed by atoms with Crippen molar-refractivity contribution in [1.29, 1.82) is 0 Å². The highest BCUT2D eigenvalue weighted by Gasteiger charge is 2.19. The van der Waals surface area contributed by atoms with Gasteiger partial charge in [0.25, 0.3) is 11.8 Å². The molecule has 7 heteroatoms. The number of nitrogens with zero attached hydrogens (tertiary/aromatic N) is 1. The largest absolute Gasteiger partial charge is 0.508 e. The quantitative estimate of drug-likeness (QED) is 0.0932. The molecule has 2 unspecified atom stereocenters. The van der Waals surface area contributed by atoms with Gasteiger partial charge in [-0.3, -0.25) is 14.4 Å². The molecule has 0 radical (unpaired) electrons. The fourth-order valence-electron chi connectivity index (χ4n) is 6.38. The summed E-state index contributed by atoms with van der Waals surface area (Å²) in [6, 6.07) is 30.3. The smallest absolute Gasteiger partial charge is 0.251 e. The first-order valence-corrected chi connectivity index (χ1v) is 22.2. The van der Waals surface area contributed by atoms with Gasteiger partial charge in [0.05, 0.1) is 0 Å². The molecule has 0 aliphatic carbocycles. The maximum atomic E-state index is 13.2. The third kappa shape index (κ3) is 20.6. The van der Waals surface area contributed by atoms with E-state index in [2.05, 4.69) is 52.2 Å². The Kier molecular flexibility index (Phi) is 27.4. The number of phenols is 1. The number of nitrogens with one attached hydrogen (secondary N) is 2. The van der Waals surface area contributed by atoms with E-state index in [4.69, 9.17) is 5.11 Å². The molecular formula is C52H77N3O4. The van der Waals surface area contributed by atoms with Crippen molar-refractivity contribution in [3.63, 3.8) is 0 Å². The van der Waals surface area contributed by atoms with Crippen LogP contribution in [0.1, 0.15) is 151 Å². The summed E-state index contributed by atoms with van der Waals surface area (Å²) in [5, 5.41) is 15.3. The Morgan fingerprint density at radius 1 is 0.593 bits per heavy atom. The third-order valence-corrected chi connectivity index (χ3v) is 10.5. The first-order chi connectivity index (χ1) is 28.4. The van der Waals surface area contributed by atoms with Crippen LogP contribution < -0.4 is 15.5 Å². The Balaban J connectivity index is 0.000000556. The van der Waals surface area contributed by atoms with Gasteiger partial charge in [0.1, 0.15) is 5.75 Å². The van der Waals surface area contributed by atoms with Gasteiger partial charge >= 0.3 is 0 Å². The van der Waals surface area contributed by atoms with Crippen molar-refractivity contribution in [2.75, 3.05) is 25.0 Å². The molecule has 4 aromatic carbocycles. The van der Waals surface area contributed by atoms with E-state index in [9.17, 15) is 14.4 Å². The Bertz CT molecular complexity index is 1680. The van der Waals surface area contributed by atoms with E-state index in [0.29, 0.717) is 41.8 Å². The van der Waals surface area contributed by atoms with Gasteiger partial charge < -0.3 is 20.6 Å². The molecule has 3 amide bonds. The molecule has 324 valence electrons. The Morgan fingerprint density at radius 3 is 1.37 bits per heavy atom. The molecule has 3 N–H and O–H groups in total. The number of hydrogen-bond acceptors (Lipinski definition) is 4. The van der Waals surface area contributed by atoms with Gasteiger partial charge in [-0.1, -0.05) is 172 Å². The predicted octanol–water partition coefficient (Wildman–Crippen LogP) is 13.1. The molecule has 4 aromatic rings. The number of anilines is 1. The highest BCUT2D eigenvalue weighted by atomic mass is 16.3. The average Bonchev–Trinajstić information content (AvgIpc) is 3.26. The number of carbonyl (C=O) groups excluding carboxylic acids is 3. The van der Waals surface area contributed by atoms with E-state index < -0.39 is 0 Å². The molecule has 0 bridgehead atoms. The van der Waals surface area contributed by atoms with Gasteiger partial charge in [-0.05, 0) is 85.5 Å². The molecule has 0 aliphatic heterocycles. The number of unbranched alkanes of at least 4 members (excludes halogenated alkanes) is 4. The Hall–Kier alpha value is -4.91. The second kappa shape index (κ2) is 31.1. The summed E-state index contributed by atoms with van der Waals surface area (Å²) < 4.78 is 0. The highest BCUT2D eigenvalue weighted by molar-refractivity contribution is 6.06. The maximum absolute atomic E-state index is 13.2. The molecule has 0 heterocycles. The summed E-state index contributed by atoms with van der Waals surface area (Å²) in [4.78, 5) is 38.8. The minimum atomic E-state index is -0.0774. The van der Waals surface area contributed by atoms with E-state index in [0.717, 1.165) is 48.1 Å². The van der Waals surface area contributed by atoms with Crippen molar-refractivity contribution >= 4 is 23.4 Å². The lowest BCUT2D eigenvalue weighted by atomic mass is 9.94. The van der Waals surface area contributed by atoms with Gasteiger partial charge in [-0.2, -0.15) is 0 Å². The molecule has 7 nitrogen and oxygen atoms in total. The summed E-state index contributed by atoms with van der Waals surface area (Å²) in [6.07, 6.45) is 13.2. The van der Waals surface area contributed by atoms with Crippen molar-refractivity contribution < 1.29 is 19.5 Å². The monoisotopic (exact) mass is 808 g/mol. The van der Waals surface area contributed by atoms with Crippen molar-refractivity contribution in [2.24, 2.45) is 11.8 Å². The lowest BCUT2D eigenvalue weighted by molar-refractivity contribution is -0.116. The van der Waals surface area contributed by atoms with E-state index in [1.807, 2.05) is 105 Å². The SMILES string of the molecule is CC(=O)N(C)c1ccccc1.CCCCC.CCCCC(CC)CNC(=O)c1ccccc1-c1ccccc1C(=O)NCC(CC)CCCC.Cc1ccc(O)c(C)c1. The zero-order chi connectivity index (χ0) is 44.0. The van der Waals surface area contributed by atoms with Crippen molar-refractivity contribution in [2.45, 2.75) is 133 Å². The number of rotatable bonds is 18. The first kappa shape index (κ1) is 52.1. The normalized spacial score (nSPS) is 11.2. The molecule has 0 saturated carbocycles. The van der Waals surface area contributed by atoms with Crippen LogP contribution in [-0.4, -0.2) is 43.0 Å². The summed E-state index contributed by atoms with van der Waals surface area (Å²) in [5.74, 6) is 1.26. The number of hydrogen-bond donors (Lipinski definition) is 3. The lowest BCUT2D eigenvalue weighted by Gasteiger charge is -2.18. The zero-order valence-corrected chi connectivity index (χ0v) is 38.2. The summed E-state index contributed by atoms with van der Waals surface area (Å²) in [7, 11) is 1.76. The van der Waals surface area contributed by atoms with Crippen molar-refractivity contribution in [3.05, 3.63) is 119 Å². The number of aromatic hydroxyl groups is 1. The summed E-state index contributed by atoms with van der Waals surface area (Å²) in [6.45, 7) is 20.0. The number of aryl methyl sites for hydroxylation is 2. The second-order valence-corrected chi connectivity index (χ2v) is 15.4. The molecule has 59 heavy (non-hydrogen) atoms. The molecule has 0 aromatic heterocycles. The molecule has 0 aliphatic rings. The van der Waals surface area contributed by atoms with E-state index in [1.165, 1.54) is 50.5 Å². The van der Waals surface area contributed by atoms with Crippen LogP contribution in [0, 0.1) is 25.7 Å². The maximum Gasteiger partial charge on any atom is 0.251 e. The van der Waals surface area contributed by atoms with Gasteiger partial charge in [-0.15, -0.1) is 0 Å². The number of para-hydroxylation sites is 1. The number of carbonyl (C=O) groups is 3. The minimum Gasteiger partial charge on any atom is -0.508 e. The van der Waals surface area contributed by atoms with Crippen molar-refractivity contribution in [3.8, 4) is 16.9 Å². The van der Waals surface area contributed by atoms with Crippen LogP contribution >= 0.6 is 0 Å². The molecule has 0 fully saturated rings. The van der Waals surface area contributed by atoms with E-state index >= 15 is 0 Å². The number of benzene rings is 4. The molecule has 2 atom stereocenters. The Morgan fingerprint density at radius 2 is 1.02 bits per heavy atom. The fourth-order valence-corrected chi connectivity index (χ4v) is 6.38. The van der Waals surface area contributed by atoms with Gasteiger partial charge in [-0.25, -0.2) is 0 Å². The third-order valence-electron chi connectivity index (χ3n) is 10.5. The predicted molar refractivity (Wildman–Crippen MR) is 251 cm³/mol. The van der Waals surface area contributed by atoms with E-state index in [1.54, 1.807) is 24.9 Å². The van der Waals surface area contributed by atoms with Gasteiger partial charge in [0, 0.05) is 43.9 Å². The lowest BCUT2D eigenvalue weighted by Crippen LogP contribution is -2.30. The number of phenolic OH excluding ortho intramolecular Hbond substituents is 1. The van der Waals surface area contributed by atoms with Crippen LogP contribution in [0.3, 0.4) is 0 Å². The second-order valence-electron chi connectivity index (χ2n) is 15.4. The van der Waals surface area contributed by atoms with E-state index in [-0.39, 0.29) is 17.7 Å². The highest BCUT2D eigenvalue weighted by Crippen LogP contribution is 2.28. The van der Waals surface area contributed by atoms with Crippen LogP contribution in [0.15, 0.2) is 97.1 Å². The molecule has 0 saturated heterocycles. The molecular weight excluding hydrogens is 731 g/mol. The molecule has 0 spiro atoms. The van der Waals surface area contributed by atoms with Gasteiger partial charge in [0.15, 0.2) is 0 Å².